The first-order chi connectivity index (χ1) is 7.47. The number of rotatable bonds is 3. The lowest BCUT2D eigenvalue weighted by molar-refractivity contribution is -0.148. The van der Waals surface area contributed by atoms with Crippen molar-refractivity contribution in [2.45, 2.75) is 18.9 Å². The third kappa shape index (κ3) is 1.79. The molecular weight excluding hydrogens is 251 g/mol. The minimum atomic E-state index is -1.07. The summed E-state index contributed by atoms with van der Waals surface area (Å²) in [6, 6.07) is 4.65. The molecule has 1 atom stereocenters. The lowest BCUT2D eigenvalue weighted by atomic mass is 9.93. The summed E-state index contributed by atoms with van der Waals surface area (Å²) >= 11 is 11.7. The first-order valence-electron chi connectivity index (χ1n) is 4.84. The van der Waals surface area contributed by atoms with Crippen LogP contribution in [-0.4, -0.2) is 16.2 Å². The maximum atomic E-state index is 11.0. The second kappa shape index (κ2) is 3.91. The van der Waals surface area contributed by atoms with Gasteiger partial charge in [0.1, 0.15) is 0 Å². The third-order valence-electron chi connectivity index (χ3n) is 3.00. The van der Waals surface area contributed by atoms with Crippen molar-refractivity contribution in [3.8, 4) is 0 Å². The highest BCUT2D eigenvalue weighted by Gasteiger charge is 2.56. The summed E-state index contributed by atoms with van der Waals surface area (Å²) in [7, 11) is 0. The van der Waals surface area contributed by atoms with Crippen LogP contribution in [0.15, 0.2) is 18.2 Å². The van der Waals surface area contributed by atoms with E-state index in [-0.39, 0.29) is 0 Å². The van der Waals surface area contributed by atoms with E-state index in [9.17, 15) is 9.90 Å². The van der Waals surface area contributed by atoms with Gasteiger partial charge in [-0.1, -0.05) is 29.3 Å². The van der Waals surface area contributed by atoms with Crippen molar-refractivity contribution in [2.24, 2.45) is 5.41 Å². The molecule has 2 N–H and O–H groups in total. The van der Waals surface area contributed by atoms with Crippen LogP contribution in [0.3, 0.4) is 0 Å². The van der Waals surface area contributed by atoms with E-state index >= 15 is 0 Å². The van der Waals surface area contributed by atoms with E-state index in [0.717, 1.165) is 0 Å². The molecule has 0 spiro atoms. The van der Waals surface area contributed by atoms with Crippen LogP contribution in [0, 0.1) is 5.41 Å². The van der Waals surface area contributed by atoms with Gasteiger partial charge < -0.3 is 10.2 Å². The molecule has 1 aromatic carbocycles. The van der Waals surface area contributed by atoms with E-state index in [1.54, 1.807) is 12.1 Å². The van der Waals surface area contributed by atoms with Gasteiger partial charge in [0.2, 0.25) is 0 Å². The number of carboxylic acids is 1. The molecule has 1 aromatic rings. The Morgan fingerprint density at radius 2 is 2.00 bits per heavy atom. The maximum absolute atomic E-state index is 11.0. The molecule has 0 aromatic heterocycles. The highest BCUT2D eigenvalue weighted by atomic mass is 35.5. The van der Waals surface area contributed by atoms with Gasteiger partial charge in [-0.15, -0.1) is 0 Å². The molecule has 16 heavy (non-hydrogen) atoms. The van der Waals surface area contributed by atoms with Crippen molar-refractivity contribution in [2.75, 3.05) is 0 Å². The highest BCUT2D eigenvalue weighted by molar-refractivity contribution is 6.35. The highest BCUT2D eigenvalue weighted by Crippen LogP contribution is 2.56. The van der Waals surface area contributed by atoms with Crippen LogP contribution in [0.4, 0.5) is 0 Å². The average molecular weight is 261 g/mol. The smallest absolute Gasteiger partial charge is 0.312 e. The van der Waals surface area contributed by atoms with E-state index < -0.39 is 17.5 Å². The molecule has 0 heterocycles. The summed E-state index contributed by atoms with van der Waals surface area (Å²) in [5, 5.41) is 19.9. The van der Waals surface area contributed by atoms with Gasteiger partial charge in [0, 0.05) is 15.6 Å². The average Bonchev–Trinajstić information content (AvgIpc) is 2.97. The Bertz CT molecular complexity index is 441. The summed E-state index contributed by atoms with van der Waals surface area (Å²) in [5.41, 5.74) is -0.636. The summed E-state index contributed by atoms with van der Waals surface area (Å²) < 4.78 is 0. The second-order valence-corrected chi connectivity index (χ2v) is 4.87. The first kappa shape index (κ1) is 11.7. The Morgan fingerprint density at radius 1 is 1.38 bits per heavy atom. The number of aliphatic carboxylic acids is 1. The number of benzene rings is 1. The Balaban J connectivity index is 2.35. The summed E-state index contributed by atoms with van der Waals surface area (Å²) in [5.74, 6) is -0.981. The standard InChI is InChI=1S/C11H10Cl2O3/c12-6-1-2-7(8(13)5-6)9(14)11(3-4-11)10(15)16/h1-2,5,9,14H,3-4H2,(H,15,16). The third-order valence-corrected chi connectivity index (χ3v) is 3.56. The van der Waals surface area contributed by atoms with E-state index in [4.69, 9.17) is 28.3 Å². The zero-order chi connectivity index (χ0) is 11.9. The predicted molar refractivity (Wildman–Crippen MR) is 60.7 cm³/mol. The van der Waals surface area contributed by atoms with Crippen LogP contribution in [-0.2, 0) is 4.79 Å². The normalized spacial score (nSPS) is 19.2. The molecule has 1 aliphatic carbocycles. The lowest BCUT2D eigenvalue weighted by Gasteiger charge is -2.19. The number of aliphatic hydroxyl groups is 1. The number of aliphatic hydroxyl groups excluding tert-OH is 1. The van der Waals surface area contributed by atoms with Crippen molar-refractivity contribution < 1.29 is 15.0 Å². The number of hydrogen-bond donors (Lipinski definition) is 2. The van der Waals surface area contributed by atoms with Crippen molar-refractivity contribution in [3.05, 3.63) is 33.8 Å². The predicted octanol–water partition coefficient (Wildman–Crippen LogP) is 2.89. The van der Waals surface area contributed by atoms with Gasteiger partial charge in [0.05, 0.1) is 11.5 Å². The van der Waals surface area contributed by atoms with E-state index in [2.05, 4.69) is 0 Å². The minimum Gasteiger partial charge on any atom is -0.481 e. The fourth-order valence-electron chi connectivity index (χ4n) is 1.76. The summed E-state index contributed by atoms with van der Waals surface area (Å²) in [6.07, 6.45) is -0.125. The van der Waals surface area contributed by atoms with Crippen LogP contribution in [0.1, 0.15) is 24.5 Å². The largest absolute Gasteiger partial charge is 0.481 e. The monoisotopic (exact) mass is 260 g/mol. The van der Waals surface area contributed by atoms with Crippen molar-refractivity contribution >= 4 is 29.2 Å². The fraction of sp³-hybridized carbons (Fsp3) is 0.364. The summed E-state index contributed by atoms with van der Waals surface area (Å²) in [6.45, 7) is 0. The molecule has 0 amide bonds. The topological polar surface area (TPSA) is 57.5 Å². The molecule has 0 bridgehead atoms. The van der Waals surface area contributed by atoms with Gasteiger partial charge >= 0.3 is 5.97 Å². The van der Waals surface area contributed by atoms with E-state index in [1.807, 2.05) is 0 Å². The van der Waals surface area contributed by atoms with Crippen molar-refractivity contribution in [1.82, 2.24) is 0 Å². The molecule has 2 rings (SSSR count). The van der Waals surface area contributed by atoms with Crippen molar-refractivity contribution in [1.29, 1.82) is 0 Å². The van der Waals surface area contributed by atoms with Gasteiger partial charge in [-0.25, -0.2) is 0 Å². The van der Waals surface area contributed by atoms with Crippen LogP contribution >= 0.6 is 23.2 Å². The number of carbonyl (C=O) groups is 1. The molecule has 1 unspecified atom stereocenters. The molecule has 5 heteroatoms. The zero-order valence-electron chi connectivity index (χ0n) is 8.28. The molecule has 1 saturated carbocycles. The SMILES string of the molecule is O=C(O)C1(C(O)c2ccc(Cl)cc2Cl)CC1. The molecule has 1 fully saturated rings. The molecule has 0 aliphatic heterocycles. The van der Waals surface area contributed by atoms with Gasteiger partial charge in [0.15, 0.2) is 0 Å². The Labute approximate surface area is 103 Å². The Morgan fingerprint density at radius 3 is 2.44 bits per heavy atom. The van der Waals surface area contributed by atoms with E-state index in [0.29, 0.717) is 28.5 Å². The van der Waals surface area contributed by atoms with Crippen molar-refractivity contribution in [3.63, 3.8) is 0 Å². The molecule has 0 radical (unpaired) electrons. The quantitative estimate of drug-likeness (QED) is 0.879. The second-order valence-electron chi connectivity index (χ2n) is 4.03. The Kier molecular flexibility index (Phi) is 2.86. The zero-order valence-corrected chi connectivity index (χ0v) is 9.79. The van der Waals surface area contributed by atoms with Gasteiger partial charge in [-0.2, -0.15) is 0 Å². The number of carboxylic acid groups (broad SMARTS) is 1. The fourth-order valence-corrected chi connectivity index (χ4v) is 2.27. The number of halogens is 2. The summed E-state index contributed by atoms with van der Waals surface area (Å²) in [4.78, 5) is 11.0. The van der Waals surface area contributed by atoms with E-state index in [1.165, 1.54) is 6.07 Å². The first-order valence-corrected chi connectivity index (χ1v) is 5.59. The van der Waals surface area contributed by atoms with Crippen LogP contribution in [0.25, 0.3) is 0 Å². The van der Waals surface area contributed by atoms with Crippen LogP contribution in [0.5, 0.6) is 0 Å². The van der Waals surface area contributed by atoms with Gasteiger partial charge in [-0.3, -0.25) is 4.79 Å². The molecule has 1 aliphatic rings. The van der Waals surface area contributed by atoms with Crippen LogP contribution in [0.2, 0.25) is 10.0 Å². The molecular formula is C11H10Cl2O3. The number of hydrogen-bond acceptors (Lipinski definition) is 2. The Hall–Kier alpha value is -0.770. The van der Waals surface area contributed by atoms with Gasteiger partial charge in [-0.05, 0) is 25.0 Å². The molecule has 0 saturated heterocycles. The lowest BCUT2D eigenvalue weighted by Crippen LogP contribution is -2.23. The van der Waals surface area contributed by atoms with Crippen LogP contribution < -0.4 is 0 Å². The molecule has 3 nitrogen and oxygen atoms in total. The molecule has 86 valence electrons. The maximum Gasteiger partial charge on any atom is 0.312 e. The minimum absolute atomic E-state index is 0.299. The van der Waals surface area contributed by atoms with Gasteiger partial charge in [0.25, 0.3) is 0 Å².